The van der Waals surface area contributed by atoms with Crippen LogP contribution >= 0.6 is 0 Å². The van der Waals surface area contributed by atoms with E-state index in [1.54, 1.807) is 0 Å². The van der Waals surface area contributed by atoms with Crippen LogP contribution in [0.2, 0.25) is 0 Å². The van der Waals surface area contributed by atoms with Crippen molar-refractivity contribution in [2.75, 3.05) is 0 Å². The molecular formula is C52H30CoN4. The number of rotatable bonds is 4. The summed E-state index contributed by atoms with van der Waals surface area (Å²) in [6.45, 7) is 0. The first-order chi connectivity index (χ1) is 27.5. The summed E-state index contributed by atoms with van der Waals surface area (Å²) in [6, 6.07) is 42.6. The maximum Gasteiger partial charge on any atom is 0.0737 e. The Morgan fingerprint density at radius 3 is 1.37 bits per heavy atom. The molecule has 7 aromatic rings. The van der Waals surface area contributed by atoms with Gasteiger partial charge >= 0.3 is 0 Å². The third-order valence-electron chi connectivity index (χ3n) is 9.98. The molecule has 0 saturated carbocycles. The van der Waals surface area contributed by atoms with E-state index in [0.29, 0.717) is 0 Å². The van der Waals surface area contributed by atoms with E-state index in [1.807, 2.05) is 91.0 Å². The largest absolute Gasteiger partial charge is 0.355 e. The first-order valence-corrected chi connectivity index (χ1v) is 18.0. The summed E-state index contributed by atoms with van der Waals surface area (Å²) in [5, 5.41) is 0. The van der Waals surface area contributed by atoms with Gasteiger partial charge in [0.15, 0.2) is 0 Å². The molecule has 57 heavy (non-hydrogen) atoms. The molecule has 1 N–H and O–H groups in total. The van der Waals surface area contributed by atoms with Gasteiger partial charge in [-0.2, -0.15) is 0 Å². The van der Waals surface area contributed by atoms with Crippen molar-refractivity contribution in [3.8, 4) is 88.4 Å². The molecule has 0 fully saturated rings. The van der Waals surface area contributed by atoms with Gasteiger partial charge in [-0.1, -0.05) is 60.1 Å². The number of H-pyrrole nitrogens is 1. The topological polar surface area (TPSA) is 46.5 Å². The predicted molar refractivity (Wildman–Crippen MR) is 232 cm³/mol. The van der Waals surface area contributed by atoms with Crippen LogP contribution < -0.4 is 0 Å². The number of nitrogens with one attached hydrogen (secondary N) is 1. The van der Waals surface area contributed by atoms with Gasteiger partial charge in [0.05, 0.1) is 33.8 Å². The molecule has 0 aliphatic carbocycles. The second kappa shape index (κ2) is 15.2. The molecule has 0 amide bonds. The van der Waals surface area contributed by atoms with Crippen molar-refractivity contribution < 1.29 is 16.8 Å². The molecule has 0 atom stereocenters. The molecule has 4 nitrogen and oxygen atoms in total. The molecule has 2 aliphatic rings. The van der Waals surface area contributed by atoms with Crippen molar-refractivity contribution in [1.29, 1.82) is 0 Å². The normalized spacial score (nSPS) is 11.2. The van der Waals surface area contributed by atoms with E-state index in [-0.39, 0.29) is 16.8 Å². The number of terminal acetylenes is 4. The minimum atomic E-state index is 0. The Morgan fingerprint density at radius 1 is 0.439 bits per heavy atom. The molecular weight excluding hydrogens is 740 g/mol. The number of hydrogen-bond acceptors (Lipinski definition) is 2. The van der Waals surface area contributed by atoms with E-state index in [4.69, 9.17) is 35.7 Å². The molecule has 4 aromatic carbocycles. The van der Waals surface area contributed by atoms with Crippen molar-refractivity contribution in [2.45, 2.75) is 0 Å². The Hall–Kier alpha value is -7.77. The number of aromatic nitrogens is 4. The maximum absolute atomic E-state index is 5.88. The fourth-order valence-corrected chi connectivity index (χ4v) is 7.33. The van der Waals surface area contributed by atoms with Gasteiger partial charge < -0.3 is 9.55 Å². The number of fused-ring (bicyclic) bond motifs is 8. The van der Waals surface area contributed by atoms with Gasteiger partial charge in [-0.3, -0.25) is 0 Å². The van der Waals surface area contributed by atoms with Gasteiger partial charge in [0, 0.05) is 72.4 Å². The maximum atomic E-state index is 5.88. The first kappa shape index (κ1) is 36.2. The van der Waals surface area contributed by atoms with Crippen molar-refractivity contribution in [3.63, 3.8) is 0 Å². The molecule has 0 saturated heterocycles. The standard InChI is InChI=1S/C52H30N4.Co/c1-5-34-9-17-38(18-10-34)49-47-30-27-44(55-47)32-43-24-23-41(53-43)31-42-25-26-45(54-42)33-48-50(39-19-11-35(6-2)12-20-39)51(40-21-13-36(7-3)14-22-40)52(49)56(48)46-28-15-37(8-4)16-29-46;/h1-4,9-33,53H;. The van der Waals surface area contributed by atoms with Crippen molar-refractivity contribution in [2.24, 2.45) is 0 Å². The van der Waals surface area contributed by atoms with Gasteiger partial charge in [0.25, 0.3) is 0 Å². The van der Waals surface area contributed by atoms with E-state index in [0.717, 1.165) is 106 Å². The Bertz CT molecular complexity index is 3130. The van der Waals surface area contributed by atoms with Crippen LogP contribution in [-0.2, 0) is 16.8 Å². The fourth-order valence-electron chi connectivity index (χ4n) is 7.33. The van der Waals surface area contributed by atoms with Gasteiger partial charge in [-0.25, -0.2) is 9.97 Å². The zero-order chi connectivity index (χ0) is 38.2. The monoisotopic (exact) mass is 769 g/mol. The summed E-state index contributed by atoms with van der Waals surface area (Å²) in [4.78, 5) is 13.9. The smallest absolute Gasteiger partial charge is 0.0737 e. The Balaban J connectivity index is 0.00000455. The quantitative estimate of drug-likeness (QED) is 0.181. The summed E-state index contributed by atoms with van der Waals surface area (Å²) >= 11 is 0. The molecule has 1 radical (unpaired) electrons. The Morgan fingerprint density at radius 2 is 0.860 bits per heavy atom. The predicted octanol–water partition coefficient (Wildman–Crippen LogP) is 11.0. The minimum absolute atomic E-state index is 0. The van der Waals surface area contributed by atoms with Crippen molar-refractivity contribution in [3.05, 3.63) is 172 Å². The van der Waals surface area contributed by atoms with Gasteiger partial charge in [-0.15, -0.1) is 25.7 Å². The second-order valence-electron chi connectivity index (χ2n) is 13.4. The molecule has 9 rings (SSSR count). The average molecular weight is 770 g/mol. The molecule has 3 aromatic heterocycles. The molecule has 2 aliphatic heterocycles. The average Bonchev–Trinajstić information content (AvgIpc) is 4.06. The SMILES string of the molecule is C#Cc1ccc(-c2c(-c3ccc(C#C)cc3)c3c(-c4ccc(C#C)cc4)c4nc(cc5ccc(cc6nc(cc2n3-c2ccc(C#C)cc2)C=C6)[nH]5)C=C4)cc1.[Co]. The van der Waals surface area contributed by atoms with E-state index in [1.165, 1.54) is 0 Å². The summed E-state index contributed by atoms with van der Waals surface area (Å²) in [7, 11) is 0. The van der Waals surface area contributed by atoms with Crippen LogP contribution in [0.25, 0.3) is 85.4 Å². The van der Waals surface area contributed by atoms with Crippen LogP contribution in [0.1, 0.15) is 45.0 Å². The van der Waals surface area contributed by atoms with Crippen LogP contribution in [0.15, 0.2) is 127 Å². The molecule has 5 heteroatoms. The van der Waals surface area contributed by atoms with Crippen LogP contribution in [0.5, 0.6) is 0 Å². The molecule has 267 valence electrons. The van der Waals surface area contributed by atoms with E-state index < -0.39 is 0 Å². The van der Waals surface area contributed by atoms with Gasteiger partial charge in [-0.05, 0) is 132 Å². The van der Waals surface area contributed by atoms with E-state index in [2.05, 4.69) is 93.9 Å². The van der Waals surface area contributed by atoms with E-state index in [9.17, 15) is 0 Å². The summed E-state index contributed by atoms with van der Waals surface area (Å²) in [6.07, 6.45) is 31.7. The number of aromatic amines is 1. The summed E-state index contributed by atoms with van der Waals surface area (Å²) in [5.41, 5.74) is 16.6. The Kier molecular flexibility index (Phi) is 9.63. The van der Waals surface area contributed by atoms with Gasteiger partial charge in [0.2, 0.25) is 0 Å². The zero-order valence-electron chi connectivity index (χ0n) is 30.4. The number of nitrogens with zero attached hydrogens (tertiary/aromatic N) is 3. The fraction of sp³-hybridized carbons (Fsp3) is 0. The molecule has 8 bridgehead atoms. The van der Waals surface area contributed by atoms with E-state index >= 15 is 0 Å². The van der Waals surface area contributed by atoms with Crippen molar-refractivity contribution >= 4 is 46.4 Å². The van der Waals surface area contributed by atoms with Crippen LogP contribution in [-0.4, -0.2) is 19.5 Å². The summed E-state index contributed by atoms with van der Waals surface area (Å²) < 4.78 is 2.29. The second-order valence-corrected chi connectivity index (χ2v) is 13.4. The number of benzene rings is 4. The third kappa shape index (κ3) is 6.79. The molecule has 0 spiro atoms. The van der Waals surface area contributed by atoms with Crippen LogP contribution in [0, 0.1) is 49.4 Å². The number of hydrogen-bond donors (Lipinski definition) is 1. The summed E-state index contributed by atoms with van der Waals surface area (Å²) in [5.74, 6) is 11.1. The zero-order valence-corrected chi connectivity index (χ0v) is 31.5. The van der Waals surface area contributed by atoms with Crippen LogP contribution in [0.3, 0.4) is 0 Å². The van der Waals surface area contributed by atoms with Crippen molar-refractivity contribution in [1.82, 2.24) is 19.5 Å². The molecule has 0 unspecified atom stereocenters. The van der Waals surface area contributed by atoms with Gasteiger partial charge in [0.1, 0.15) is 0 Å². The minimum Gasteiger partial charge on any atom is -0.355 e. The first-order valence-electron chi connectivity index (χ1n) is 18.0. The third-order valence-corrected chi connectivity index (χ3v) is 9.98. The Labute approximate surface area is 341 Å². The van der Waals surface area contributed by atoms with Crippen LogP contribution in [0.4, 0.5) is 0 Å². The molecule has 5 heterocycles.